The third-order valence-electron chi connectivity index (χ3n) is 4.91. The smallest absolute Gasteiger partial charge is 0.278 e. The molecule has 4 aromatic rings. The van der Waals surface area contributed by atoms with Crippen LogP contribution < -0.4 is 0 Å². The molecule has 0 unspecified atom stereocenters. The highest BCUT2D eigenvalue weighted by Crippen LogP contribution is 2.30. The third-order valence-corrected chi connectivity index (χ3v) is 5.21. The SMILES string of the molecule is Cc1ccc([C@H]2Cn3nc(-c4nc(-c5ccc(Cl)c(F)c5)no4)cc3CO2)cc1. The second-order valence-electron chi connectivity index (χ2n) is 6.97. The van der Waals surface area contributed by atoms with Crippen molar-refractivity contribution in [3.8, 4) is 23.0 Å². The number of halogens is 2. The standard InChI is InChI=1S/C21H16ClFN4O2/c1-12-2-4-13(5-3-12)19-10-27-15(11-28-19)9-18(25-27)21-24-20(26-29-21)14-6-7-16(22)17(23)8-14/h2-9,19H,10-11H2,1H3/t19-/m1/s1. The van der Waals surface area contributed by atoms with Crippen LogP contribution in [0.15, 0.2) is 53.1 Å². The van der Waals surface area contributed by atoms with Crippen LogP contribution in [0.4, 0.5) is 4.39 Å². The number of aromatic nitrogens is 4. The lowest BCUT2D eigenvalue weighted by Gasteiger charge is -2.24. The minimum Gasteiger partial charge on any atom is -0.365 e. The van der Waals surface area contributed by atoms with Gasteiger partial charge in [0.1, 0.15) is 11.9 Å². The van der Waals surface area contributed by atoms with Crippen molar-refractivity contribution in [2.45, 2.75) is 26.2 Å². The summed E-state index contributed by atoms with van der Waals surface area (Å²) in [6.45, 7) is 3.09. The van der Waals surface area contributed by atoms with Gasteiger partial charge in [-0.15, -0.1) is 0 Å². The Morgan fingerprint density at radius 1 is 1.14 bits per heavy atom. The number of rotatable bonds is 3. The first kappa shape index (κ1) is 18.0. The quantitative estimate of drug-likeness (QED) is 0.477. The first-order valence-electron chi connectivity index (χ1n) is 9.11. The van der Waals surface area contributed by atoms with Crippen molar-refractivity contribution in [2.75, 3.05) is 0 Å². The monoisotopic (exact) mass is 410 g/mol. The van der Waals surface area contributed by atoms with Gasteiger partial charge < -0.3 is 9.26 Å². The van der Waals surface area contributed by atoms with E-state index < -0.39 is 5.82 Å². The average Bonchev–Trinajstić information content (AvgIpc) is 3.37. The Balaban J connectivity index is 1.40. The van der Waals surface area contributed by atoms with Crippen molar-refractivity contribution in [1.29, 1.82) is 0 Å². The summed E-state index contributed by atoms with van der Waals surface area (Å²) in [5, 5.41) is 8.58. The van der Waals surface area contributed by atoms with E-state index in [9.17, 15) is 4.39 Å². The molecule has 2 aromatic heterocycles. The maximum Gasteiger partial charge on any atom is 0.278 e. The summed E-state index contributed by atoms with van der Waals surface area (Å²) in [6, 6.07) is 14.5. The van der Waals surface area contributed by atoms with Gasteiger partial charge in [-0.1, -0.05) is 46.6 Å². The zero-order chi connectivity index (χ0) is 20.0. The van der Waals surface area contributed by atoms with Crippen molar-refractivity contribution in [3.63, 3.8) is 0 Å². The summed E-state index contributed by atoms with van der Waals surface area (Å²) in [6.07, 6.45) is -0.0638. The summed E-state index contributed by atoms with van der Waals surface area (Å²) in [5.74, 6) is 0.00623. The van der Waals surface area contributed by atoms with E-state index in [0.29, 0.717) is 24.4 Å². The summed E-state index contributed by atoms with van der Waals surface area (Å²) in [7, 11) is 0. The van der Waals surface area contributed by atoms with Crippen molar-refractivity contribution >= 4 is 11.6 Å². The Bertz CT molecular complexity index is 1190. The summed E-state index contributed by atoms with van der Waals surface area (Å²) >= 11 is 5.73. The molecule has 1 aliphatic heterocycles. The van der Waals surface area contributed by atoms with Gasteiger partial charge in [0.2, 0.25) is 5.82 Å². The molecular formula is C21H16ClFN4O2. The van der Waals surface area contributed by atoms with Crippen molar-refractivity contribution in [3.05, 3.63) is 76.2 Å². The highest BCUT2D eigenvalue weighted by Gasteiger charge is 2.24. The lowest BCUT2D eigenvalue weighted by molar-refractivity contribution is -0.00113. The summed E-state index contributed by atoms with van der Waals surface area (Å²) in [4.78, 5) is 4.35. The minimum atomic E-state index is -0.535. The van der Waals surface area contributed by atoms with Crippen LogP contribution in [-0.4, -0.2) is 19.9 Å². The highest BCUT2D eigenvalue weighted by molar-refractivity contribution is 6.30. The fourth-order valence-corrected chi connectivity index (χ4v) is 3.41. The molecule has 1 aliphatic rings. The van der Waals surface area contributed by atoms with Crippen LogP contribution in [0, 0.1) is 12.7 Å². The zero-order valence-corrected chi connectivity index (χ0v) is 16.2. The predicted molar refractivity (Wildman–Crippen MR) is 105 cm³/mol. The minimum absolute atomic E-state index is 0.0439. The van der Waals surface area contributed by atoms with Crippen molar-refractivity contribution in [2.24, 2.45) is 0 Å². The number of aryl methyl sites for hydroxylation is 1. The van der Waals surface area contributed by atoms with Gasteiger partial charge in [0, 0.05) is 5.56 Å². The molecular weight excluding hydrogens is 395 g/mol. The van der Waals surface area contributed by atoms with Crippen molar-refractivity contribution < 1.29 is 13.7 Å². The molecule has 0 aliphatic carbocycles. The van der Waals surface area contributed by atoms with Gasteiger partial charge in [-0.3, -0.25) is 4.68 Å². The van der Waals surface area contributed by atoms with Crippen LogP contribution >= 0.6 is 11.6 Å². The average molecular weight is 411 g/mol. The van der Waals surface area contributed by atoms with Crippen LogP contribution in [0.3, 0.4) is 0 Å². The summed E-state index contributed by atoms with van der Waals surface area (Å²) < 4.78 is 26.9. The van der Waals surface area contributed by atoms with Gasteiger partial charge in [0.05, 0.1) is 23.9 Å². The molecule has 0 radical (unpaired) electrons. The molecule has 5 rings (SSSR count). The lowest BCUT2D eigenvalue weighted by Crippen LogP contribution is -2.21. The second kappa shape index (κ2) is 7.09. The van der Waals surface area contributed by atoms with Crippen LogP contribution in [0.2, 0.25) is 5.02 Å². The molecule has 146 valence electrons. The van der Waals surface area contributed by atoms with E-state index in [-0.39, 0.29) is 22.8 Å². The predicted octanol–water partition coefficient (Wildman–Crippen LogP) is 4.97. The Labute approximate surface area is 170 Å². The van der Waals surface area contributed by atoms with Crippen LogP contribution in [0.1, 0.15) is 22.9 Å². The molecule has 0 fully saturated rings. The van der Waals surface area contributed by atoms with E-state index in [1.807, 2.05) is 10.7 Å². The fraction of sp³-hybridized carbons (Fsp3) is 0.190. The Kier molecular flexibility index (Phi) is 4.41. The number of hydrogen-bond donors (Lipinski definition) is 0. The summed E-state index contributed by atoms with van der Waals surface area (Å²) in [5.41, 5.74) is 4.29. The van der Waals surface area contributed by atoms with E-state index in [2.05, 4.69) is 46.4 Å². The van der Waals surface area contributed by atoms with E-state index in [1.165, 1.54) is 17.7 Å². The van der Waals surface area contributed by atoms with E-state index in [4.69, 9.17) is 20.9 Å². The third kappa shape index (κ3) is 3.43. The second-order valence-corrected chi connectivity index (χ2v) is 7.37. The molecule has 0 spiro atoms. The largest absolute Gasteiger partial charge is 0.365 e. The maximum absolute atomic E-state index is 13.7. The Hall–Kier alpha value is -3.03. The van der Waals surface area contributed by atoms with Gasteiger partial charge >= 0.3 is 0 Å². The molecule has 3 heterocycles. The Morgan fingerprint density at radius 3 is 2.76 bits per heavy atom. The molecule has 0 N–H and O–H groups in total. The number of nitrogens with zero attached hydrogens (tertiary/aromatic N) is 4. The van der Waals surface area contributed by atoms with Gasteiger partial charge in [0.25, 0.3) is 5.89 Å². The van der Waals surface area contributed by atoms with Gasteiger partial charge in [-0.2, -0.15) is 10.1 Å². The van der Waals surface area contributed by atoms with E-state index in [1.54, 1.807) is 6.07 Å². The van der Waals surface area contributed by atoms with Gasteiger partial charge in [-0.25, -0.2) is 4.39 Å². The number of benzene rings is 2. The zero-order valence-electron chi connectivity index (χ0n) is 15.5. The first-order chi connectivity index (χ1) is 14.1. The molecule has 8 heteroatoms. The first-order valence-corrected chi connectivity index (χ1v) is 9.49. The molecule has 0 saturated carbocycles. The lowest BCUT2D eigenvalue weighted by atomic mass is 10.1. The van der Waals surface area contributed by atoms with Crippen molar-refractivity contribution in [1.82, 2.24) is 19.9 Å². The molecule has 0 amide bonds. The normalized spacial score (nSPS) is 16.0. The maximum atomic E-state index is 13.7. The number of hydrogen-bond acceptors (Lipinski definition) is 5. The molecule has 6 nitrogen and oxygen atoms in total. The Morgan fingerprint density at radius 2 is 1.97 bits per heavy atom. The van der Waals surface area contributed by atoms with Gasteiger partial charge in [0.15, 0.2) is 5.69 Å². The fourth-order valence-electron chi connectivity index (χ4n) is 3.29. The van der Waals surface area contributed by atoms with E-state index in [0.717, 1.165) is 11.3 Å². The molecule has 1 atom stereocenters. The molecule has 0 bridgehead atoms. The van der Waals surface area contributed by atoms with Crippen LogP contribution in [0.25, 0.3) is 23.0 Å². The molecule has 0 saturated heterocycles. The number of fused-ring (bicyclic) bond motifs is 1. The number of ether oxygens (including phenoxy) is 1. The highest BCUT2D eigenvalue weighted by atomic mass is 35.5. The van der Waals surface area contributed by atoms with Gasteiger partial charge in [-0.05, 0) is 36.8 Å². The van der Waals surface area contributed by atoms with E-state index >= 15 is 0 Å². The molecule has 2 aromatic carbocycles. The van der Waals surface area contributed by atoms with Crippen LogP contribution in [-0.2, 0) is 17.9 Å². The topological polar surface area (TPSA) is 66.0 Å². The molecule has 29 heavy (non-hydrogen) atoms. The van der Waals surface area contributed by atoms with Crippen LogP contribution in [0.5, 0.6) is 0 Å².